The molecule has 2 nitrogen and oxygen atoms in total. The third-order valence-electron chi connectivity index (χ3n) is 2.96. The van der Waals surface area contributed by atoms with Gasteiger partial charge in [-0.2, -0.15) is 0 Å². The van der Waals surface area contributed by atoms with Crippen LogP contribution >= 0.6 is 0 Å². The zero-order valence-electron chi connectivity index (χ0n) is 10.5. The van der Waals surface area contributed by atoms with E-state index in [2.05, 4.69) is 5.32 Å². The van der Waals surface area contributed by atoms with E-state index in [9.17, 15) is 13.9 Å². The second kappa shape index (κ2) is 5.80. The maximum atomic E-state index is 13.0. The molecule has 0 heterocycles. The maximum absolute atomic E-state index is 13.0. The van der Waals surface area contributed by atoms with E-state index in [1.54, 1.807) is 6.07 Å². The van der Waals surface area contributed by atoms with E-state index >= 15 is 0 Å². The van der Waals surface area contributed by atoms with Gasteiger partial charge in [-0.1, -0.05) is 18.2 Å². The van der Waals surface area contributed by atoms with E-state index in [0.717, 1.165) is 11.6 Å². The van der Waals surface area contributed by atoms with E-state index in [4.69, 9.17) is 0 Å². The number of hydrogen-bond donors (Lipinski definition) is 2. The van der Waals surface area contributed by atoms with Gasteiger partial charge in [0.05, 0.1) is 0 Å². The van der Waals surface area contributed by atoms with E-state index in [1.165, 1.54) is 24.3 Å². The minimum Gasteiger partial charge on any atom is -0.508 e. The highest BCUT2D eigenvalue weighted by Gasteiger charge is 2.10. The number of phenols is 1. The van der Waals surface area contributed by atoms with Crippen molar-refractivity contribution >= 4 is 0 Å². The van der Waals surface area contributed by atoms with Crippen molar-refractivity contribution < 1.29 is 13.9 Å². The number of phenolic OH excluding ortho intramolecular Hbond substituents is 1. The number of hydrogen-bond acceptors (Lipinski definition) is 2. The number of nitrogens with one attached hydrogen (secondary N) is 1. The number of rotatable bonds is 4. The first-order valence-corrected chi connectivity index (χ1v) is 6.02. The quantitative estimate of drug-likeness (QED) is 0.884. The summed E-state index contributed by atoms with van der Waals surface area (Å²) in [6.07, 6.45) is 0. The summed E-state index contributed by atoms with van der Waals surface area (Å²) >= 11 is 0. The van der Waals surface area contributed by atoms with Crippen LogP contribution in [0.4, 0.5) is 8.78 Å². The van der Waals surface area contributed by atoms with Gasteiger partial charge in [0, 0.05) is 24.2 Å². The summed E-state index contributed by atoms with van der Waals surface area (Å²) in [5, 5.41) is 12.8. The molecule has 0 bridgehead atoms. The van der Waals surface area contributed by atoms with E-state index in [0.29, 0.717) is 12.1 Å². The van der Waals surface area contributed by atoms with Crippen molar-refractivity contribution in [1.29, 1.82) is 0 Å². The molecule has 2 aromatic carbocycles. The zero-order chi connectivity index (χ0) is 13.8. The molecule has 19 heavy (non-hydrogen) atoms. The fourth-order valence-corrected chi connectivity index (χ4v) is 1.91. The average Bonchev–Trinajstić information content (AvgIpc) is 2.36. The molecule has 0 aliphatic rings. The van der Waals surface area contributed by atoms with Crippen LogP contribution in [0.15, 0.2) is 42.5 Å². The Hall–Kier alpha value is -1.94. The predicted molar refractivity (Wildman–Crippen MR) is 69.7 cm³/mol. The van der Waals surface area contributed by atoms with Crippen molar-refractivity contribution in [3.8, 4) is 5.75 Å². The van der Waals surface area contributed by atoms with Crippen LogP contribution in [0.2, 0.25) is 0 Å². The Morgan fingerprint density at radius 1 is 1.11 bits per heavy atom. The zero-order valence-corrected chi connectivity index (χ0v) is 10.5. The van der Waals surface area contributed by atoms with Gasteiger partial charge in [-0.15, -0.1) is 0 Å². The normalized spacial score (nSPS) is 12.4. The van der Waals surface area contributed by atoms with Crippen LogP contribution in [0.25, 0.3) is 0 Å². The third-order valence-corrected chi connectivity index (χ3v) is 2.96. The highest BCUT2D eigenvalue weighted by atomic mass is 19.1. The first-order chi connectivity index (χ1) is 9.06. The molecule has 2 N–H and O–H groups in total. The largest absolute Gasteiger partial charge is 0.508 e. The Morgan fingerprint density at radius 3 is 2.53 bits per heavy atom. The van der Waals surface area contributed by atoms with Crippen LogP contribution in [-0.4, -0.2) is 5.11 Å². The van der Waals surface area contributed by atoms with Crippen molar-refractivity contribution in [2.24, 2.45) is 0 Å². The second-order valence-corrected chi connectivity index (χ2v) is 4.44. The van der Waals surface area contributed by atoms with Crippen LogP contribution in [0.3, 0.4) is 0 Å². The molecule has 0 spiro atoms. The van der Waals surface area contributed by atoms with Crippen LogP contribution in [-0.2, 0) is 6.54 Å². The van der Waals surface area contributed by atoms with Gasteiger partial charge in [0.25, 0.3) is 0 Å². The summed E-state index contributed by atoms with van der Waals surface area (Å²) in [6.45, 7) is 2.32. The maximum Gasteiger partial charge on any atom is 0.126 e. The van der Waals surface area contributed by atoms with Crippen molar-refractivity contribution in [1.82, 2.24) is 5.32 Å². The number of halogens is 2. The minimum atomic E-state index is -0.474. The Kier molecular flexibility index (Phi) is 4.12. The summed E-state index contributed by atoms with van der Waals surface area (Å²) in [5.41, 5.74) is 1.42. The lowest BCUT2D eigenvalue weighted by Gasteiger charge is -2.15. The molecule has 1 unspecified atom stereocenters. The Morgan fingerprint density at radius 2 is 1.84 bits per heavy atom. The Labute approximate surface area is 110 Å². The van der Waals surface area contributed by atoms with Gasteiger partial charge < -0.3 is 10.4 Å². The summed E-state index contributed by atoms with van der Waals surface area (Å²) in [6, 6.07) is 10.0. The Balaban J connectivity index is 2.03. The van der Waals surface area contributed by atoms with Crippen molar-refractivity contribution in [3.63, 3.8) is 0 Å². The molecule has 0 amide bonds. The summed E-state index contributed by atoms with van der Waals surface area (Å²) in [7, 11) is 0. The van der Waals surface area contributed by atoms with Crippen LogP contribution in [0.1, 0.15) is 24.1 Å². The molecule has 0 radical (unpaired) electrons. The molecule has 2 aromatic rings. The lowest BCUT2D eigenvalue weighted by molar-refractivity contribution is 0.446. The monoisotopic (exact) mass is 263 g/mol. The van der Waals surface area contributed by atoms with E-state index in [1.807, 2.05) is 13.0 Å². The SMILES string of the molecule is CC(NCc1cccc(F)c1)c1ccc(F)cc1O. The summed E-state index contributed by atoms with van der Waals surface area (Å²) in [5.74, 6) is -0.839. The van der Waals surface area contributed by atoms with Gasteiger partial charge >= 0.3 is 0 Å². The van der Waals surface area contributed by atoms with Gasteiger partial charge in [-0.25, -0.2) is 8.78 Å². The van der Waals surface area contributed by atoms with E-state index < -0.39 is 5.82 Å². The molecular weight excluding hydrogens is 248 g/mol. The first-order valence-electron chi connectivity index (χ1n) is 6.02. The van der Waals surface area contributed by atoms with Crippen LogP contribution in [0.5, 0.6) is 5.75 Å². The van der Waals surface area contributed by atoms with Crippen molar-refractivity contribution in [3.05, 3.63) is 65.2 Å². The van der Waals surface area contributed by atoms with Crippen LogP contribution in [0, 0.1) is 11.6 Å². The topological polar surface area (TPSA) is 32.3 Å². The molecule has 0 saturated heterocycles. The molecular formula is C15H15F2NO. The third kappa shape index (κ3) is 3.51. The number of benzene rings is 2. The van der Waals surface area contributed by atoms with Gasteiger partial charge in [0.15, 0.2) is 0 Å². The van der Waals surface area contributed by atoms with Crippen LogP contribution < -0.4 is 5.32 Å². The number of aromatic hydroxyl groups is 1. The fraction of sp³-hybridized carbons (Fsp3) is 0.200. The van der Waals surface area contributed by atoms with Gasteiger partial charge in [-0.3, -0.25) is 0 Å². The predicted octanol–water partition coefficient (Wildman–Crippen LogP) is 3.52. The van der Waals surface area contributed by atoms with Crippen molar-refractivity contribution in [2.75, 3.05) is 0 Å². The summed E-state index contributed by atoms with van der Waals surface area (Å²) in [4.78, 5) is 0. The van der Waals surface area contributed by atoms with Gasteiger partial charge in [0.2, 0.25) is 0 Å². The molecule has 0 aliphatic carbocycles. The first kappa shape index (κ1) is 13.5. The standard InChI is InChI=1S/C15H15F2NO/c1-10(14-6-5-13(17)8-15(14)19)18-9-11-3-2-4-12(16)7-11/h2-8,10,18-19H,9H2,1H3. The van der Waals surface area contributed by atoms with E-state index in [-0.39, 0.29) is 17.6 Å². The fourth-order valence-electron chi connectivity index (χ4n) is 1.91. The Bertz CT molecular complexity index is 572. The minimum absolute atomic E-state index is 0.0840. The highest BCUT2D eigenvalue weighted by molar-refractivity contribution is 5.35. The lowest BCUT2D eigenvalue weighted by Crippen LogP contribution is -2.18. The highest BCUT2D eigenvalue weighted by Crippen LogP contribution is 2.24. The summed E-state index contributed by atoms with van der Waals surface area (Å²) < 4.78 is 25.9. The molecule has 2 rings (SSSR count). The molecule has 1 atom stereocenters. The second-order valence-electron chi connectivity index (χ2n) is 4.44. The molecule has 0 saturated carbocycles. The molecule has 100 valence electrons. The van der Waals surface area contributed by atoms with Gasteiger partial charge in [0.1, 0.15) is 17.4 Å². The molecule has 0 fully saturated rings. The molecule has 0 aliphatic heterocycles. The molecule has 4 heteroatoms. The van der Waals surface area contributed by atoms with Gasteiger partial charge in [-0.05, 0) is 30.7 Å². The molecule has 0 aromatic heterocycles. The smallest absolute Gasteiger partial charge is 0.126 e. The lowest BCUT2D eigenvalue weighted by atomic mass is 10.1. The average molecular weight is 263 g/mol. The van der Waals surface area contributed by atoms with Crippen molar-refractivity contribution in [2.45, 2.75) is 19.5 Å².